The summed E-state index contributed by atoms with van der Waals surface area (Å²) < 4.78 is 0. The maximum atomic E-state index is 5.57. The molecule has 0 saturated carbocycles. The van der Waals surface area contributed by atoms with Crippen molar-refractivity contribution in [3.05, 3.63) is 21.9 Å². The molecule has 14 heavy (non-hydrogen) atoms. The smallest absolute Gasteiger partial charge is 0.0325 e. The molecular weight excluding hydrogens is 192 g/mol. The van der Waals surface area contributed by atoms with Crippen LogP contribution in [0.15, 0.2) is 12.1 Å². The monoisotopic (exact) mass is 212 g/mol. The number of thiophene rings is 1. The van der Waals surface area contributed by atoms with Gasteiger partial charge in [0.2, 0.25) is 0 Å². The van der Waals surface area contributed by atoms with E-state index in [0.717, 1.165) is 19.0 Å². The predicted octanol–water partition coefficient (Wildman–Crippen LogP) is 2.29. The molecule has 0 unspecified atom stereocenters. The molecule has 0 amide bonds. The lowest BCUT2D eigenvalue weighted by atomic mass is 10.2. The fourth-order valence-corrected chi connectivity index (χ4v) is 2.55. The zero-order valence-electron chi connectivity index (χ0n) is 9.29. The third-order valence-electron chi connectivity index (χ3n) is 2.02. The van der Waals surface area contributed by atoms with Gasteiger partial charge < -0.3 is 10.6 Å². The Balaban J connectivity index is 2.43. The molecule has 0 bridgehead atoms. The van der Waals surface area contributed by atoms with E-state index in [-0.39, 0.29) is 0 Å². The molecule has 0 fully saturated rings. The van der Waals surface area contributed by atoms with Crippen molar-refractivity contribution in [2.24, 2.45) is 11.7 Å². The Morgan fingerprint density at radius 2 is 2.00 bits per heavy atom. The third-order valence-corrected chi connectivity index (χ3v) is 3.11. The Morgan fingerprint density at radius 3 is 2.50 bits per heavy atom. The molecule has 0 aliphatic rings. The van der Waals surface area contributed by atoms with Gasteiger partial charge in [0.25, 0.3) is 0 Å². The maximum Gasteiger partial charge on any atom is 0.0325 e. The SMILES string of the molecule is CC(C)CN(C)Cc1ccc(CN)s1. The predicted molar refractivity (Wildman–Crippen MR) is 63.4 cm³/mol. The molecule has 0 atom stereocenters. The largest absolute Gasteiger partial charge is 0.326 e. The first-order valence-corrected chi connectivity index (χ1v) is 5.89. The van der Waals surface area contributed by atoms with Crippen LogP contribution in [0.2, 0.25) is 0 Å². The molecule has 3 heteroatoms. The van der Waals surface area contributed by atoms with E-state index in [1.165, 1.54) is 9.75 Å². The van der Waals surface area contributed by atoms with Gasteiger partial charge in [0.05, 0.1) is 0 Å². The molecule has 0 saturated heterocycles. The van der Waals surface area contributed by atoms with Crippen LogP contribution in [-0.2, 0) is 13.1 Å². The lowest BCUT2D eigenvalue weighted by Gasteiger charge is -2.17. The number of rotatable bonds is 5. The molecule has 0 aliphatic heterocycles. The van der Waals surface area contributed by atoms with Crippen molar-refractivity contribution < 1.29 is 0 Å². The topological polar surface area (TPSA) is 29.3 Å². The minimum absolute atomic E-state index is 0.665. The number of hydrogen-bond acceptors (Lipinski definition) is 3. The highest BCUT2D eigenvalue weighted by atomic mass is 32.1. The van der Waals surface area contributed by atoms with E-state index in [9.17, 15) is 0 Å². The lowest BCUT2D eigenvalue weighted by molar-refractivity contribution is 0.291. The molecule has 2 N–H and O–H groups in total. The number of nitrogens with zero attached hydrogens (tertiary/aromatic N) is 1. The molecule has 1 rings (SSSR count). The summed E-state index contributed by atoms with van der Waals surface area (Å²) in [7, 11) is 2.17. The first-order valence-electron chi connectivity index (χ1n) is 5.08. The van der Waals surface area contributed by atoms with Crippen molar-refractivity contribution in [2.75, 3.05) is 13.6 Å². The average Bonchev–Trinajstić information content (AvgIpc) is 2.50. The van der Waals surface area contributed by atoms with Gasteiger partial charge in [0.15, 0.2) is 0 Å². The van der Waals surface area contributed by atoms with Crippen LogP contribution in [0, 0.1) is 5.92 Å². The van der Waals surface area contributed by atoms with Crippen LogP contribution in [0.5, 0.6) is 0 Å². The van der Waals surface area contributed by atoms with Gasteiger partial charge in [-0.3, -0.25) is 0 Å². The van der Waals surface area contributed by atoms with Crippen LogP contribution >= 0.6 is 11.3 Å². The molecule has 80 valence electrons. The van der Waals surface area contributed by atoms with Gasteiger partial charge >= 0.3 is 0 Å². The standard InChI is InChI=1S/C11H20N2S/c1-9(2)7-13(3)8-11-5-4-10(6-12)14-11/h4-5,9H,6-8,12H2,1-3H3. The summed E-state index contributed by atoms with van der Waals surface area (Å²) in [6.45, 7) is 7.35. The van der Waals surface area contributed by atoms with Crippen molar-refractivity contribution in [2.45, 2.75) is 26.9 Å². The first kappa shape index (κ1) is 11.7. The van der Waals surface area contributed by atoms with E-state index in [4.69, 9.17) is 5.73 Å². The van der Waals surface area contributed by atoms with Gasteiger partial charge in [-0.25, -0.2) is 0 Å². The quantitative estimate of drug-likeness (QED) is 0.811. The van der Waals surface area contributed by atoms with E-state index in [2.05, 4.69) is 37.9 Å². The van der Waals surface area contributed by atoms with E-state index in [0.29, 0.717) is 6.54 Å². The molecule has 1 heterocycles. The van der Waals surface area contributed by atoms with Crippen molar-refractivity contribution >= 4 is 11.3 Å². The number of nitrogens with two attached hydrogens (primary N) is 1. The van der Waals surface area contributed by atoms with Crippen LogP contribution in [0.4, 0.5) is 0 Å². The molecular formula is C11H20N2S. The second kappa shape index (κ2) is 5.49. The van der Waals surface area contributed by atoms with Crippen LogP contribution in [-0.4, -0.2) is 18.5 Å². The molecule has 1 aromatic rings. The van der Waals surface area contributed by atoms with Crippen LogP contribution in [0.1, 0.15) is 23.6 Å². The maximum absolute atomic E-state index is 5.57. The zero-order valence-corrected chi connectivity index (χ0v) is 10.1. The van der Waals surface area contributed by atoms with Gasteiger partial charge in [-0.2, -0.15) is 0 Å². The van der Waals surface area contributed by atoms with Crippen LogP contribution < -0.4 is 5.73 Å². The van der Waals surface area contributed by atoms with Gasteiger partial charge in [-0.1, -0.05) is 13.8 Å². The van der Waals surface area contributed by atoms with Gasteiger partial charge in [0, 0.05) is 29.4 Å². The molecule has 0 spiro atoms. The Bertz CT molecular complexity index is 268. The van der Waals surface area contributed by atoms with Gasteiger partial charge in [-0.15, -0.1) is 11.3 Å². The first-order chi connectivity index (χ1) is 6.61. The summed E-state index contributed by atoms with van der Waals surface area (Å²) in [6, 6.07) is 4.31. The van der Waals surface area contributed by atoms with Crippen molar-refractivity contribution in [3.63, 3.8) is 0 Å². The minimum Gasteiger partial charge on any atom is -0.326 e. The van der Waals surface area contributed by atoms with Crippen molar-refractivity contribution in [3.8, 4) is 0 Å². The molecule has 1 aromatic heterocycles. The minimum atomic E-state index is 0.665. The Kier molecular flexibility index (Phi) is 4.58. The fraction of sp³-hybridized carbons (Fsp3) is 0.636. The molecule has 2 nitrogen and oxygen atoms in total. The van der Waals surface area contributed by atoms with E-state index in [1.54, 1.807) is 0 Å². The summed E-state index contributed by atoms with van der Waals surface area (Å²) in [6.07, 6.45) is 0. The average molecular weight is 212 g/mol. The molecule has 0 aliphatic carbocycles. The highest BCUT2D eigenvalue weighted by molar-refractivity contribution is 7.11. The molecule has 0 aromatic carbocycles. The third kappa shape index (κ3) is 3.78. The Hall–Kier alpha value is -0.380. The van der Waals surface area contributed by atoms with Crippen LogP contribution in [0.25, 0.3) is 0 Å². The highest BCUT2D eigenvalue weighted by Gasteiger charge is 2.04. The Morgan fingerprint density at radius 1 is 1.36 bits per heavy atom. The van der Waals surface area contributed by atoms with E-state index in [1.807, 2.05) is 11.3 Å². The normalized spacial score (nSPS) is 11.6. The fourth-order valence-electron chi connectivity index (χ4n) is 1.57. The summed E-state index contributed by atoms with van der Waals surface area (Å²) >= 11 is 1.82. The highest BCUT2D eigenvalue weighted by Crippen LogP contribution is 2.17. The number of hydrogen-bond donors (Lipinski definition) is 1. The second-order valence-electron chi connectivity index (χ2n) is 4.16. The summed E-state index contributed by atoms with van der Waals surface area (Å²) in [5.41, 5.74) is 5.57. The summed E-state index contributed by atoms with van der Waals surface area (Å²) in [5.74, 6) is 0.731. The summed E-state index contributed by atoms with van der Waals surface area (Å²) in [4.78, 5) is 5.04. The summed E-state index contributed by atoms with van der Waals surface area (Å²) in [5, 5.41) is 0. The van der Waals surface area contributed by atoms with Crippen molar-refractivity contribution in [1.29, 1.82) is 0 Å². The Labute approximate surface area is 90.7 Å². The van der Waals surface area contributed by atoms with Gasteiger partial charge in [0.1, 0.15) is 0 Å². The second-order valence-corrected chi connectivity index (χ2v) is 5.42. The molecule has 0 radical (unpaired) electrons. The van der Waals surface area contributed by atoms with E-state index < -0.39 is 0 Å². The van der Waals surface area contributed by atoms with E-state index >= 15 is 0 Å². The van der Waals surface area contributed by atoms with Crippen molar-refractivity contribution in [1.82, 2.24) is 4.90 Å². The van der Waals surface area contributed by atoms with Gasteiger partial charge in [-0.05, 0) is 25.1 Å². The zero-order chi connectivity index (χ0) is 10.6. The van der Waals surface area contributed by atoms with Crippen LogP contribution in [0.3, 0.4) is 0 Å². The lowest BCUT2D eigenvalue weighted by Crippen LogP contribution is -2.22.